The van der Waals surface area contributed by atoms with E-state index in [1.54, 1.807) is 30.0 Å². The standard InChI is InChI=1S/C19H20N2O4/c1-13-19(23)21(10-11-24-16-6-4-3-5-7-16)17-9-8-15(20-14(2)22)12-18(17)25-13/h3-9,12-13H,10-11H2,1-2H3,(H,20,22). The molecule has 25 heavy (non-hydrogen) atoms. The van der Waals surface area contributed by atoms with Crippen molar-refractivity contribution in [1.29, 1.82) is 0 Å². The van der Waals surface area contributed by atoms with Crippen molar-refractivity contribution in [3.63, 3.8) is 0 Å². The summed E-state index contributed by atoms with van der Waals surface area (Å²) in [5, 5.41) is 2.71. The van der Waals surface area contributed by atoms with Gasteiger partial charge in [0.2, 0.25) is 5.91 Å². The highest BCUT2D eigenvalue weighted by atomic mass is 16.5. The van der Waals surface area contributed by atoms with Crippen LogP contribution in [0.5, 0.6) is 11.5 Å². The molecule has 1 atom stereocenters. The maximum absolute atomic E-state index is 12.5. The van der Waals surface area contributed by atoms with Crippen molar-refractivity contribution in [2.45, 2.75) is 20.0 Å². The molecular weight excluding hydrogens is 320 g/mol. The molecule has 6 heteroatoms. The Morgan fingerprint density at radius 3 is 2.72 bits per heavy atom. The summed E-state index contributed by atoms with van der Waals surface area (Å²) in [7, 11) is 0. The number of ether oxygens (including phenoxy) is 2. The fourth-order valence-electron chi connectivity index (χ4n) is 2.69. The Morgan fingerprint density at radius 1 is 1.24 bits per heavy atom. The molecule has 0 fully saturated rings. The summed E-state index contributed by atoms with van der Waals surface area (Å²) in [6, 6.07) is 14.7. The molecule has 130 valence electrons. The minimum Gasteiger partial charge on any atom is -0.492 e. The van der Waals surface area contributed by atoms with Crippen LogP contribution < -0.4 is 19.7 Å². The lowest BCUT2D eigenvalue weighted by Crippen LogP contribution is -2.46. The Labute approximate surface area is 146 Å². The van der Waals surface area contributed by atoms with Gasteiger partial charge in [-0.05, 0) is 31.2 Å². The van der Waals surface area contributed by atoms with Crippen molar-refractivity contribution in [1.82, 2.24) is 0 Å². The molecule has 1 unspecified atom stereocenters. The van der Waals surface area contributed by atoms with Crippen LogP contribution in [0.4, 0.5) is 11.4 Å². The molecule has 6 nitrogen and oxygen atoms in total. The number of nitrogens with one attached hydrogen (secondary N) is 1. The topological polar surface area (TPSA) is 67.9 Å². The lowest BCUT2D eigenvalue weighted by atomic mass is 10.1. The molecule has 0 saturated heterocycles. The van der Waals surface area contributed by atoms with Crippen molar-refractivity contribution in [2.75, 3.05) is 23.4 Å². The first-order valence-electron chi connectivity index (χ1n) is 8.12. The maximum atomic E-state index is 12.5. The first kappa shape index (κ1) is 16.8. The van der Waals surface area contributed by atoms with Gasteiger partial charge in [-0.2, -0.15) is 0 Å². The highest BCUT2D eigenvalue weighted by molar-refractivity contribution is 6.00. The summed E-state index contributed by atoms with van der Waals surface area (Å²) in [6.45, 7) is 3.93. The van der Waals surface area contributed by atoms with Gasteiger partial charge < -0.3 is 19.7 Å². The molecule has 1 aliphatic rings. The van der Waals surface area contributed by atoms with Crippen LogP contribution in [-0.4, -0.2) is 31.1 Å². The van der Waals surface area contributed by atoms with E-state index in [4.69, 9.17) is 9.47 Å². The van der Waals surface area contributed by atoms with Crippen LogP contribution >= 0.6 is 0 Å². The Morgan fingerprint density at radius 2 is 2.00 bits per heavy atom. The van der Waals surface area contributed by atoms with E-state index in [1.165, 1.54) is 6.92 Å². The Kier molecular flexibility index (Phi) is 4.88. The molecule has 0 radical (unpaired) electrons. The zero-order chi connectivity index (χ0) is 17.8. The van der Waals surface area contributed by atoms with E-state index in [9.17, 15) is 9.59 Å². The van der Waals surface area contributed by atoms with Crippen LogP contribution in [-0.2, 0) is 9.59 Å². The van der Waals surface area contributed by atoms with Crippen LogP contribution in [0.3, 0.4) is 0 Å². The first-order valence-corrected chi connectivity index (χ1v) is 8.12. The third-order valence-corrected chi connectivity index (χ3v) is 3.82. The molecule has 0 aliphatic carbocycles. The zero-order valence-corrected chi connectivity index (χ0v) is 14.2. The number of para-hydroxylation sites is 1. The molecule has 1 heterocycles. The van der Waals surface area contributed by atoms with E-state index in [-0.39, 0.29) is 11.8 Å². The molecule has 0 bridgehead atoms. The average molecular weight is 340 g/mol. The number of benzene rings is 2. The number of fused-ring (bicyclic) bond motifs is 1. The van der Waals surface area contributed by atoms with Gasteiger partial charge in [0, 0.05) is 18.7 Å². The van der Waals surface area contributed by atoms with Gasteiger partial charge in [-0.25, -0.2) is 0 Å². The van der Waals surface area contributed by atoms with Gasteiger partial charge in [0.1, 0.15) is 18.1 Å². The van der Waals surface area contributed by atoms with Crippen molar-refractivity contribution < 1.29 is 19.1 Å². The second-order valence-electron chi connectivity index (χ2n) is 5.78. The molecule has 0 aromatic heterocycles. The number of carbonyl (C=O) groups is 2. The predicted molar refractivity (Wildman–Crippen MR) is 95.1 cm³/mol. The highest BCUT2D eigenvalue weighted by Crippen LogP contribution is 2.36. The lowest BCUT2D eigenvalue weighted by Gasteiger charge is -2.33. The summed E-state index contributed by atoms with van der Waals surface area (Å²) >= 11 is 0. The highest BCUT2D eigenvalue weighted by Gasteiger charge is 2.31. The van der Waals surface area contributed by atoms with Crippen LogP contribution in [0.2, 0.25) is 0 Å². The number of amides is 2. The molecule has 0 saturated carbocycles. The van der Waals surface area contributed by atoms with E-state index in [0.29, 0.717) is 30.3 Å². The molecule has 2 amide bonds. The molecule has 2 aromatic carbocycles. The summed E-state index contributed by atoms with van der Waals surface area (Å²) in [5.74, 6) is 1.06. The zero-order valence-electron chi connectivity index (χ0n) is 14.2. The quantitative estimate of drug-likeness (QED) is 0.909. The largest absolute Gasteiger partial charge is 0.492 e. The van der Waals surface area contributed by atoms with E-state index in [1.807, 2.05) is 30.3 Å². The predicted octanol–water partition coefficient (Wildman–Crippen LogP) is 2.84. The van der Waals surface area contributed by atoms with Gasteiger partial charge in [0.25, 0.3) is 5.91 Å². The van der Waals surface area contributed by atoms with E-state index in [2.05, 4.69) is 5.32 Å². The fourth-order valence-corrected chi connectivity index (χ4v) is 2.69. The normalized spacial score (nSPS) is 16.0. The first-order chi connectivity index (χ1) is 12.0. The Balaban J connectivity index is 1.75. The molecule has 1 aliphatic heterocycles. The minimum absolute atomic E-state index is 0.114. The van der Waals surface area contributed by atoms with Crippen molar-refractivity contribution >= 4 is 23.2 Å². The van der Waals surface area contributed by atoms with Crippen molar-refractivity contribution in [3.8, 4) is 11.5 Å². The van der Waals surface area contributed by atoms with Crippen molar-refractivity contribution in [3.05, 3.63) is 48.5 Å². The van der Waals surface area contributed by atoms with Crippen LogP contribution in [0.15, 0.2) is 48.5 Å². The Bertz CT molecular complexity index is 776. The summed E-state index contributed by atoms with van der Waals surface area (Å²) < 4.78 is 11.4. The smallest absolute Gasteiger partial charge is 0.267 e. The Hall–Kier alpha value is -3.02. The van der Waals surface area contributed by atoms with Gasteiger partial charge in [0.15, 0.2) is 6.10 Å². The molecule has 1 N–H and O–H groups in total. The van der Waals surface area contributed by atoms with Gasteiger partial charge in [-0.1, -0.05) is 18.2 Å². The number of hydrogen-bond donors (Lipinski definition) is 1. The third-order valence-electron chi connectivity index (χ3n) is 3.82. The number of carbonyl (C=O) groups excluding carboxylic acids is 2. The number of rotatable bonds is 5. The number of anilines is 2. The number of nitrogens with zero attached hydrogens (tertiary/aromatic N) is 1. The van der Waals surface area contributed by atoms with Crippen LogP contribution in [0, 0.1) is 0 Å². The lowest BCUT2D eigenvalue weighted by molar-refractivity contribution is -0.125. The van der Waals surface area contributed by atoms with Gasteiger partial charge in [-0.3, -0.25) is 9.59 Å². The van der Waals surface area contributed by atoms with E-state index >= 15 is 0 Å². The minimum atomic E-state index is -0.586. The second kappa shape index (κ2) is 7.25. The summed E-state index contributed by atoms with van der Waals surface area (Å²) in [4.78, 5) is 25.3. The van der Waals surface area contributed by atoms with Gasteiger partial charge in [-0.15, -0.1) is 0 Å². The van der Waals surface area contributed by atoms with E-state index < -0.39 is 6.10 Å². The van der Waals surface area contributed by atoms with Gasteiger partial charge >= 0.3 is 0 Å². The molecule has 3 rings (SSSR count). The fraction of sp³-hybridized carbons (Fsp3) is 0.263. The summed E-state index contributed by atoms with van der Waals surface area (Å²) in [5.41, 5.74) is 1.31. The second-order valence-corrected chi connectivity index (χ2v) is 5.78. The van der Waals surface area contributed by atoms with Crippen LogP contribution in [0.25, 0.3) is 0 Å². The van der Waals surface area contributed by atoms with Gasteiger partial charge in [0.05, 0.1) is 12.2 Å². The molecule has 0 spiro atoms. The molecular formula is C19H20N2O4. The molecule has 2 aromatic rings. The van der Waals surface area contributed by atoms with Crippen LogP contribution in [0.1, 0.15) is 13.8 Å². The SMILES string of the molecule is CC(=O)Nc1ccc2c(c1)OC(C)C(=O)N2CCOc1ccccc1. The summed E-state index contributed by atoms with van der Waals surface area (Å²) in [6.07, 6.45) is -0.586. The van der Waals surface area contributed by atoms with Crippen molar-refractivity contribution in [2.24, 2.45) is 0 Å². The average Bonchev–Trinajstić information content (AvgIpc) is 2.58. The monoisotopic (exact) mass is 340 g/mol. The number of hydrogen-bond acceptors (Lipinski definition) is 4. The maximum Gasteiger partial charge on any atom is 0.267 e. The third kappa shape index (κ3) is 3.91. The van der Waals surface area contributed by atoms with E-state index in [0.717, 1.165) is 5.75 Å².